The Kier molecular flexibility index (Phi) is 3.55. The van der Waals surface area contributed by atoms with Crippen molar-refractivity contribution in [1.82, 2.24) is 24.8 Å². The fourth-order valence-electron chi connectivity index (χ4n) is 1.98. The average Bonchev–Trinajstić information content (AvgIpc) is 2.94. The summed E-state index contributed by atoms with van der Waals surface area (Å²) in [6.07, 6.45) is 6.31. The van der Waals surface area contributed by atoms with Crippen molar-refractivity contribution in [3.05, 3.63) is 36.2 Å². The maximum absolute atomic E-state index is 5.61. The number of hydrogen-bond donors (Lipinski definition) is 2. The summed E-state index contributed by atoms with van der Waals surface area (Å²) >= 11 is 0. The second-order valence-corrected chi connectivity index (χ2v) is 3.93. The lowest BCUT2D eigenvalue weighted by molar-refractivity contribution is 0.488. The minimum absolute atomic E-state index is 0.0233. The molecule has 0 radical (unpaired) electrons. The summed E-state index contributed by atoms with van der Waals surface area (Å²) in [6.45, 7) is 3.01. The van der Waals surface area contributed by atoms with Gasteiger partial charge in [-0.25, -0.2) is 4.98 Å². The van der Waals surface area contributed by atoms with E-state index in [-0.39, 0.29) is 6.04 Å². The Bertz CT molecular complexity index is 472. The number of nitrogens with zero attached hydrogens (tertiary/aromatic N) is 4. The highest BCUT2D eigenvalue weighted by molar-refractivity contribution is 5.09. The van der Waals surface area contributed by atoms with Crippen LogP contribution < -0.4 is 11.3 Å². The van der Waals surface area contributed by atoms with Crippen LogP contribution in [-0.2, 0) is 20.0 Å². The first-order valence-corrected chi connectivity index (χ1v) is 5.70. The van der Waals surface area contributed by atoms with Gasteiger partial charge in [-0.15, -0.1) is 0 Å². The zero-order valence-electron chi connectivity index (χ0n) is 10.2. The molecule has 0 aromatic carbocycles. The highest BCUT2D eigenvalue weighted by atomic mass is 15.3. The van der Waals surface area contributed by atoms with Crippen LogP contribution in [0, 0.1) is 0 Å². The Hall–Kier alpha value is -1.66. The van der Waals surface area contributed by atoms with E-state index in [0.717, 1.165) is 24.5 Å². The number of rotatable bonds is 5. The van der Waals surface area contributed by atoms with Crippen LogP contribution in [0.3, 0.4) is 0 Å². The Morgan fingerprint density at radius 2 is 2.29 bits per heavy atom. The van der Waals surface area contributed by atoms with Crippen LogP contribution in [0.15, 0.2) is 24.7 Å². The van der Waals surface area contributed by atoms with Gasteiger partial charge in [0.05, 0.1) is 11.7 Å². The molecule has 1 atom stereocenters. The zero-order chi connectivity index (χ0) is 12.3. The standard InChI is InChI=1S/C11H18N6/c1-3-17-7-6-13-11(17)8-9(15-12)10-4-5-14-16(10)2/h4-7,9,15H,3,8,12H2,1-2H3. The first kappa shape index (κ1) is 11.8. The van der Waals surface area contributed by atoms with Crippen molar-refractivity contribution in [3.8, 4) is 0 Å². The molecule has 92 valence electrons. The summed E-state index contributed by atoms with van der Waals surface area (Å²) in [5.74, 6) is 6.64. The monoisotopic (exact) mass is 234 g/mol. The van der Waals surface area contributed by atoms with Crippen molar-refractivity contribution in [2.45, 2.75) is 25.9 Å². The lowest BCUT2D eigenvalue weighted by Gasteiger charge is -2.16. The van der Waals surface area contributed by atoms with E-state index in [1.54, 1.807) is 6.20 Å². The fourth-order valence-corrected chi connectivity index (χ4v) is 1.98. The van der Waals surface area contributed by atoms with Crippen LogP contribution in [0.25, 0.3) is 0 Å². The smallest absolute Gasteiger partial charge is 0.110 e. The van der Waals surface area contributed by atoms with Gasteiger partial charge in [-0.2, -0.15) is 5.10 Å². The normalized spacial score (nSPS) is 12.9. The van der Waals surface area contributed by atoms with Crippen LogP contribution in [0.5, 0.6) is 0 Å². The Morgan fingerprint density at radius 1 is 1.47 bits per heavy atom. The SMILES string of the molecule is CCn1ccnc1CC(NN)c1ccnn1C. The van der Waals surface area contributed by atoms with E-state index in [1.807, 2.05) is 30.2 Å². The van der Waals surface area contributed by atoms with Crippen LogP contribution in [0.1, 0.15) is 24.5 Å². The highest BCUT2D eigenvalue weighted by Gasteiger charge is 2.16. The van der Waals surface area contributed by atoms with E-state index >= 15 is 0 Å². The van der Waals surface area contributed by atoms with Crippen molar-refractivity contribution in [2.75, 3.05) is 0 Å². The van der Waals surface area contributed by atoms with Gasteiger partial charge in [0.15, 0.2) is 0 Å². The van der Waals surface area contributed by atoms with Gasteiger partial charge < -0.3 is 4.57 Å². The Balaban J connectivity index is 2.19. The molecule has 2 rings (SSSR count). The van der Waals surface area contributed by atoms with Crippen molar-refractivity contribution >= 4 is 0 Å². The first-order valence-electron chi connectivity index (χ1n) is 5.70. The zero-order valence-corrected chi connectivity index (χ0v) is 10.2. The van der Waals surface area contributed by atoms with Crippen LogP contribution in [-0.4, -0.2) is 19.3 Å². The third kappa shape index (κ3) is 2.37. The average molecular weight is 234 g/mol. The summed E-state index contributed by atoms with van der Waals surface area (Å²) in [5, 5.41) is 4.15. The fraction of sp³-hybridized carbons (Fsp3) is 0.455. The lowest BCUT2D eigenvalue weighted by Crippen LogP contribution is -2.31. The van der Waals surface area contributed by atoms with E-state index in [1.165, 1.54) is 0 Å². The van der Waals surface area contributed by atoms with Crippen molar-refractivity contribution < 1.29 is 0 Å². The number of imidazole rings is 1. The molecule has 0 spiro atoms. The maximum atomic E-state index is 5.61. The maximum Gasteiger partial charge on any atom is 0.110 e. The molecule has 17 heavy (non-hydrogen) atoms. The molecule has 0 saturated carbocycles. The van der Waals surface area contributed by atoms with Gasteiger partial charge in [0.25, 0.3) is 0 Å². The summed E-state index contributed by atoms with van der Waals surface area (Å²) in [4.78, 5) is 4.35. The van der Waals surface area contributed by atoms with E-state index in [9.17, 15) is 0 Å². The number of aromatic nitrogens is 4. The van der Waals surface area contributed by atoms with E-state index in [4.69, 9.17) is 5.84 Å². The number of aryl methyl sites for hydroxylation is 2. The van der Waals surface area contributed by atoms with Gasteiger partial charge in [-0.05, 0) is 13.0 Å². The predicted molar refractivity (Wildman–Crippen MR) is 64.9 cm³/mol. The lowest BCUT2D eigenvalue weighted by atomic mass is 10.1. The topological polar surface area (TPSA) is 73.7 Å². The van der Waals surface area contributed by atoms with Gasteiger partial charge >= 0.3 is 0 Å². The van der Waals surface area contributed by atoms with E-state index < -0.39 is 0 Å². The first-order chi connectivity index (χ1) is 8.26. The van der Waals surface area contributed by atoms with Crippen LogP contribution in [0.4, 0.5) is 0 Å². The second-order valence-electron chi connectivity index (χ2n) is 3.93. The minimum Gasteiger partial charge on any atom is -0.335 e. The number of hydrogen-bond acceptors (Lipinski definition) is 4. The Morgan fingerprint density at radius 3 is 2.88 bits per heavy atom. The van der Waals surface area contributed by atoms with Crippen molar-refractivity contribution in [2.24, 2.45) is 12.9 Å². The summed E-state index contributed by atoms with van der Waals surface area (Å²) in [5.41, 5.74) is 3.87. The number of nitrogens with two attached hydrogens (primary N) is 1. The minimum atomic E-state index is 0.0233. The Labute approximate surface area is 100 Å². The molecule has 0 fully saturated rings. The van der Waals surface area contributed by atoms with Gasteiger partial charge in [0, 0.05) is 38.6 Å². The number of nitrogens with one attached hydrogen (secondary N) is 1. The molecule has 3 N–H and O–H groups in total. The molecule has 0 saturated heterocycles. The van der Waals surface area contributed by atoms with Crippen molar-refractivity contribution in [3.63, 3.8) is 0 Å². The van der Waals surface area contributed by atoms with E-state index in [0.29, 0.717) is 0 Å². The molecule has 2 aromatic rings. The van der Waals surface area contributed by atoms with Gasteiger partial charge in [0.2, 0.25) is 0 Å². The second kappa shape index (κ2) is 5.11. The molecule has 0 bridgehead atoms. The van der Waals surface area contributed by atoms with Crippen LogP contribution in [0.2, 0.25) is 0 Å². The molecular formula is C11H18N6. The quantitative estimate of drug-likeness (QED) is 0.579. The highest BCUT2D eigenvalue weighted by Crippen LogP contribution is 2.15. The summed E-state index contributed by atoms with van der Waals surface area (Å²) < 4.78 is 3.93. The summed E-state index contributed by atoms with van der Waals surface area (Å²) in [7, 11) is 1.91. The van der Waals surface area contributed by atoms with Crippen molar-refractivity contribution in [1.29, 1.82) is 0 Å². The van der Waals surface area contributed by atoms with E-state index in [2.05, 4.69) is 27.0 Å². The largest absolute Gasteiger partial charge is 0.335 e. The van der Waals surface area contributed by atoms with Crippen LogP contribution >= 0.6 is 0 Å². The van der Waals surface area contributed by atoms with Gasteiger partial charge in [-0.3, -0.25) is 16.0 Å². The molecule has 2 aromatic heterocycles. The molecule has 0 aliphatic rings. The molecule has 6 heteroatoms. The molecule has 0 aliphatic carbocycles. The molecule has 0 aliphatic heterocycles. The van der Waals surface area contributed by atoms with Gasteiger partial charge in [-0.1, -0.05) is 0 Å². The predicted octanol–water partition coefficient (Wildman–Crippen LogP) is 0.384. The summed E-state index contributed by atoms with van der Waals surface area (Å²) in [6, 6.07) is 1.99. The third-order valence-corrected chi connectivity index (χ3v) is 2.95. The molecule has 2 heterocycles. The molecule has 0 amide bonds. The third-order valence-electron chi connectivity index (χ3n) is 2.95. The molecule has 6 nitrogen and oxygen atoms in total. The molecular weight excluding hydrogens is 216 g/mol. The molecule has 1 unspecified atom stereocenters. The van der Waals surface area contributed by atoms with Gasteiger partial charge in [0.1, 0.15) is 5.82 Å². The number of hydrazine groups is 1.